The largest absolute Gasteiger partial charge is 0.326 e. The predicted octanol–water partition coefficient (Wildman–Crippen LogP) is 2.26. The maximum Gasteiger partial charge on any atom is 0.225 e. The highest BCUT2D eigenvalue weighted by molar-refractivity contribution is 5.90. The monoisotopic (exact) mass is 346 g/mol. The molecule has 0 unspecified atom stereocenters. The summed E-state index contributed by atoms with van der Waals surface area (Å²) in [6, 6.07) is 14.1. The molecule has 3 rings (SSSR count). The fourth-order valence-corrected chi connectivity index (χ4v) is 3.07. The SMILES string of the molecule is Cl.N[C@@H]1CN(CCC(=O)Nc2cccnc2)C[C@H]1c1ccccc1. The van der Waals surface area contributed by atoms with E-state index in [-0.39, 0.29) is 24.4 Å². The molecule has 2 heterocycles. The minimum Gasteiger partial charge on any atom is -0.326 e. The average molecular weight is 347 g/mol. The zero-order valence-corrected chi connectivity index (χ0v) is 14.3. The lowest BCUT2D eigenvalue weighted by Gasteiger charge is -2.15. The number of likely N-dealkylation sites (tertiary alicyclic amines) is 1. The number of anilines is 1. The van der Waals surface area contributed by atoms with E-state index in [2.05, 4.69) is 27.3 Å². The molecule has 6 heteroatoms. The average Bonchev–Trinajstić information content (AvgIpc) is 2.96. The highest BCUT2D eigenvalue weighted by Crippen LogP contribution is 2.26. The lowest BCUT2D eigenvalue weighted by atomic mass is 9.95. The standard InChI is InChI=1S/C18H22N4O.ClH/c19-17-13-22(12-16(17)14-5-2-1-3-6-14)10-8-18(23)21-15-7-4-9-20-11-15;/h1-7,9,11,16-17H,8,10,12-13,19H2,(H,21,23);1H/t16-,17+;/m0./s1. The molecule has 0 radical (unpaired) electrons. The molecule has 0 spiro atoms. The summed E-state index contributed by atoms with van der Waals surface area (Å²) in [5.74, 6) is 0.354. The van der Waals surface area contributed by atoms with Gasteiger partial charge in [0.25, 0.3) is 0 Å². The van der Waals surface area contributed by atoms with Crippen molar-refractivity contribution in [1.82, 2.24) is 9.88 Å². The predicted molar refractivity (Wildman–Crippen MR) is 98.3 cm³/mol. The van der Waals surface area contributed by atoms with Gasteiger partial charge in [0.05, 0.1) is 11.9 Å². The number of hydrogen-bond donors (Lipinski definition) is 2. The summed E-state index contributed by atoms with van der Waals surface area (Å²) in [5.41, 5.74) is 8.29. The van der Waals surface area contributed by atoms with Gasteiger partial charge in [-0.3, -0.25) is 9.78 Å². The number of benzene rings is 1. The van der Waals surface area contributed by atoms with Gasteiger partial charge in [-0.1, -0.05) is 30.3 Å². The van der Waals surface area contributed by atoms with Crippen molar-refractivity contribution in [2.45, 2.75) is 18.4 Å². The number of halogens is 1. The molecule has 24 heavy (non-hydrogen) atoms. The summed E-state index contributed by atoms with van der Waals surface area (Å²) >= 11 is 0. The first-order chi connectivity index (χ1) is 11.2. The quantitative estimate of drug-likeness (QED) is 0.871. The van der Waals surface area contributed by atoms with Gasteiger partial charge in [-0.05, 0) is 17.7 Å². The second-order valence-electron chi connectivity index (χ2n) is 5.98. The van der Waals surface area contributed by atoms with Gasteiger partial charge in [-0.2, -0.15) is 0 Å². The van der Waals surface area contributed by atoms with E-state index in [4.69, 9.17) is 5.73 Å². The van der Waals surface area contributed by atoms with Crippen LogP contribution in [0, 0.1) is 0 Å². The Kier molecular flexibility index (Phi) is 6.73. The molecule has 0 aliphatic carbocycles. The van der Waals surface area contributed by atoms with Crippen LogP contribution in [0.4, 0.5) is 5.69 Å². The maximum absolute atomic E-state index is 12.0. The molecule has 1 aromatic carbocycles. The van der Waals surface area contributed by atoms with Crippen molar-refractivity contribution in [3.63, 3.8) is 0 Å². The fourth-order valence-electron chi connectivity index (χ4n) is 3.07. The summed E-state index contributed by atoms with van der Waals surface area (Å²) < 4.78 is 0. The number of aromatic nitrogens is 1. The van der Waals surface area contributed by atoms with Crippen LogP contribution in [0.15, 0.2) is 54.9 Å². The molecule has 1 aliphatic heterocycles. The number of nitrogens with zero attached hydrogens (tertiary/aromatic N) is 2. The fraction of sp³-hybridized carbons (Fsp3) is 0.333. The van der Waals surface area contributed by atoms with Crippen LogP contribution < -0.4 is 11.1 Å². The molecule has 5 nitrogen and oxygen atoms in total. The highest BCUT2D eigenvalue weighted by atomic mass is 35.5. The molecule has 1 saturated heterocycles. The Balaban J connectivity index is 0.00000208. The van der Waals surface area contributed by atoms with Crippen LogP contribution in [-0.2, 0) is 4.79 Å². The Bertz CT molecular complexity index is 638. The molecule has 1 aromatic heterocycles. The smallest absolute Gasteiger partial charge is 0.225 e. The number of nitrogens with two attached hydrogens (primary N) is 1. The molecule has 1 amide bonds. The number of nitrogens with one attached hydrogen (secondary N) is 1. The Labute approximate surface area is 148 Å². The topological polar surface area (TPSA) is 71.2 Å². The van der Waals surface area contributed by atoms with Crippen molar-refractivity contribution < 1.29 is 4.79 Å². The summed E-state index contributed by atoms with van der Waals surface area (Å²) in [6.07, 6.45) is 3.79. The van der Waals surface area contributed by atoms with Crippen molar-refractivity contribution in [2.24, 2.45) is 5.73 Å². The molecular weight excluding hydrogens is 324 g/mol. The van der Waals surface area contributed by atoms with E-state index in [1.165, 1.54) is 5.56 Å². The van der Waals surface area contributed by atoms with Crippen molar-refractivity contribution in [3.05, 3.63) is 60.4 Å². The second kappa shape index (κ2) is 8.78. The Morgan fingerprint density at radius 1 is 1.21 bits per heavy atom. The van der Waals surface area contributed by atoms with Crippen molar-refractivity contribution in [1.29, 1.82) is 0 Å². The molecule has 0 bridgehead atoms. The zero-order valence-electron chi connectivity index (χ0n) is 13.5. The lowest BCUT2D eigenvalue weighted by molar-refractivity contribution is -0.116. The summed E-state index contributed by atoms with van der Waals surface area (Å²) in [7, 11) is 0. The summed E-state index contributed by atoms with van der Waals surface area (Å²) in [4.78, 5) is 18.3. The van der Waals surface area contributed by atoms with Crippen molar-refractivity contribution >= 4 is 24.0 Å². The third kappa shape index (κ3) is 4.77. The highest BCUT2D eigenvalue weighted by Gasteiger charge is 2.30. The van der Waals surface area contributed by atoms with Gasteiger partial charge >= 0.3 is 0 Å². The Hall–Kier alpha value is -1.95. The maximum atomic E-state index is 12.0. The molecule has 2 aromatic rings. The van der Waals surface area contributed by atoms with Crippen LogP contribution >= 0.6 is 12.4 Å². The normalized spacial score (nSPS) is 20.4. The number of carbonyl (C=O) groups is 1. The molecule has 2 atom stereocenters. The van der Waals surface area contributed by atoms with Crippen LogP contribution in [0.2, 0.25) is 0 Å². The third-order valence-electron chi connectivity index (χ3n) is 4.27. The Morgan fingerprint density at radius 2 is 2.00 bits per heavy atom. The van der Waals surface area contributed by atoms with Gasteiger partial charge in [0.2, 0.25) is 5.91 Å². The van der Waals surface area contributed by atoms with Gasteiger partial charge in [-0.25, -0.2) is 0 Å². The van der Waals surface area contributed by atoms with E-state index in [1.54, 1.807) is 18.5 Å². The number of rotatable bonds is 5. The Morgan fingerprint density at radius 3 is 2.71 bits per heavy atom. The van der Waals surface area contributed by atoms with Gasteiger partial charge in [0.1, 0.15) is 0 Å². The molecule has 1 aliphatic rings. The van der Waals surface area contributed by atoms with Gasteiger partial charge < -0.3 is 16.0 Å². The van der Waals surface area contributed by atoms with E-state index >= 15 is 0 Å². The van der Waals surface area contributed by atoms with Crippen LogP contribution in [0.25, 0.3) is 0 Å². The summed E-state index contributed by atoms with van der Waals surface area (Å²) in [5, 5.41) is 2.86. The van der Waals surface area contributed by atoms with E-state index in [1.807, 2.05) is 24.3 Å². The van der Waals surface area contributed by atoms with Gasteiger partial charge in [0, 0.05) is 44.2 Å². The van der Waals surface area contributed by atoms with E-state index in [9.17, 15) is 4.79 Å². The number of amides is 1. The van der Waals surface area contributed by atoms with Gasteiger partial charge in [-0.15, -0.1) is 12.4 Å². The van der Waals surface area contributed by atoms with E-state index < -0.39 is 0 Å². The lowest BCUT2D eigenvalue weighted by Crippen LogP contribution is -2.30. The van der Waals surface area contributed by atoms with Crippen LogP contribution in [-0.4, -0.2) is 41.5 Å². The zero-order chi connectivity index (χ0) is 16.1. The van der Waals surface area contributed by atoms with Gasteiger partial charge in [0.15, 0.2) is 0 Å². The van der Waals surface area contributed by atoms with Crippen molar-refractivity contribution in [2.75, 3.05) is 25.0 Å². The number of pyridine rings is 1. The first kappa shape index (κ1) is 18.4. The third-order valence-corrected chi connectivity index (χ3v) is 4.27. The first-order valence-corrected chi connectivity index (χ1v) is 7.95. The molecule has 1 fully saturated rings. The molecular formula is C18H23ClN4O. The first-order valence-electron chi connectivity index (χ1n) is 7.95. The van der Waals surface area contributed by atoms with Crippen molar-refractivity contribution in [3.8, 4) is 0 Å². The summed E-state index contributed by atoms with van der Waals surface area (Å²) in [6.45, 7) is 2.47. The van der Waals surface area contributed by atoms with Crippen LogP contribution in [0.5, 0.6) is 0 Å². The van der Waals surface area contributed by atoms with E-state index in [0.717, 1.165) is 25.3 Å². The van der Waals surface area contributed by atoms with Crippen LogP contribution in [0.1, 0.15) is 17.9 Å². The minimum atomic E-state index is 0. The van der Waals surface area contributed by atoms with E-state index in [0.29, 0.717) is 12.3 Å². The molecule has 0 saturated carbocycles. The van der Waals surface area contributed by atoms with Crippen LogP contribution in [0.3, 0.4) is 0 Å². The molecule has 128 valence electrons. The number of hydrogen-bond acceptors (Lipinski definition) is 4. The minimum absolute atomic E-state index is 0. The molecule has 3 N–H and O–H groups in total. The number of carbonyl (C=O) groups excluding carboxylic acids is 1. The second-order valence-corrected chi connectivity index (χ2v) is 5.98.